The minimum atomic E-state index is -0.678. The molecule has 0 saturated heterocycles. The number of benzene rings is 1. The summed E-state index contributed by atoms with van der Waals surface area (Å²) in [5.41, 5.74) is 1.55. The van der Waals surface area contributed by atoms with E-state index in [2.05, 4.69) is 5.10 Å². The number of aliphatic hydroxyl groups excluding tert-OH is 1. The second-order valence-corrected chi connectivity index (χ2v) is 3.56. The summed E-state index contributed by atoms with van der Waals surface area (Å²) in [7, 11) is 3.41. The van der Waals surface area contributed by atoms with E-state index in [0.717, 1.165) is 17.0 Å². The number of hydrogen-bond acceptors (Lipinski definition) is 3. The highest BCUT2D eigenvalue weighted by Crippen LogP contribution is 2.24. The predicted octanol–water partition coefficient (Wildman–Crippen LogP) is 1.51. The first-order valence-electron chi connectivity index (χ1n) is 5.02. The summed E-state index contributed by atoms with van der Waals surface area (Å²) in [6.07, 6.45) is 0.987. The van der Waals surface area contributed by atoms with Gasteiger partial charge in [0, 0.05) is 13.2 Å². The summed E-state index contributed by atoms with van der Waals surface area (Å²) in [6.45, 7) is 0. The lowest BCUT2D eigenvalue weighted by atomic mass is 10.1. The van der Waals surface area contributed by atoms with Crippen molar-refractivity contribution in [3.8, 4) is 5.75 Å². The highest BCUT2D eigenvalue weighted by atomic mass is 16.5. The molecule has 1 N–H and O–H groups in total. The van der Waals surface area contributed by atoms with Gasteiger partial charge < -0.3 is 9.84 Å². The smallest absolute Gasteiger partial charge is 0.121 e. The van der Waals surface area contributed by atoms with Gasteiger partial charge in [-0.05, 0) is 23.8 Å². The normalized spacial score (nSPS) is 12.4. The van der Waals surface area contributed by atoms with E-state index < -0.39 is 6.10 Å². The summed E-state index contributed by atoms with van der Waals surface area (Å²) in [5.74, 6) is 0.735. The maximum absolute atomic E-state index is 10.2. The Morgan fingerprint density at radius 1 is 1.38 bits per heavy atom. The van der Waals surface area contributed by atoms with Crippen molar-refractivity contribution in [1.29, 1.82) is 0 Å². The Bertz CT molecular complexity index is 479. The summed E-state index contributed by atoms with van der Waals surface area (Å²) < 4.78 is 6.78. The van der Waals surface area contributed by atoms with Crippen LogP contribution in [0.1, 0.15) is 17.4 Å². The average molecular weight is 218 g/mol. The minimum absolute atomic E-state index is 0.678. The molecule has 1 heterocycles. The number of rotatable bonds is 3. The summed E-state index contributed by atoms with van der Waals surface area (Å²) in [5, 5.41) is 14.2. The zero-order valence-corrected chi connectivity index (χ0v) is 9.29. The van der Waals surface area contributed by atoms with E-state index in [4.69, 9.17) is 4.74 Å². The van der Waals surface area contributed by atoms with Crippen LogP contribution >= 0.6 is 0 Å². The molecule has 0 amide bonds. The number of aryl methyl sites for hydroxylation is 1. The molecule has 0 aliphatic heterocycles. The van der Waals surface area contributed by atoms with Gasteiger partial charge in [-0.1, -0.05) is 12.1 Å². The standard InChI is InChI=1S/C12H14N2O2/c1-14-11(6-7-13-14)12(15)9-4-3-5-10(8-9)16-2/h3-8,12,15H,1-2H3. The Labute approximate surface area is 94.1 Å². The average Bonchev–Trinajstić information content (AvgIpc) is 2.74. The quantitative estimate of drug-likeness (QED) is 0.849. The van der Waals surface area contributed by atoms with E-state index in [9.17, 15) is 5.11 Å². The highest BCUT2D eigenvalue weighted by molar-refractivity contribution is 5.33. The maximum Gasteiger partial charge on any atom is 0.121 e. The molecule has 1 aromatic carbocycles. The molecular formula is C12H14N2O2. The Morgan fingerprint density at radius 2 is 2.19 bits per heavy atom. The first-order valence-corrected chi connectivity index (χ1v) is 5.02. The lowest BCUT2D eigenvalue weighted by Crippen LogP contribution is -2.06. The van der Waals surface area contributed by atoms with Gasteiger partial charge in [-0.25, -0.2) is 0 Å². The van der Waals surface area contributed by atoms with Crippen LogP contribution in [0.25, 0.3) is 0 Å². The van der Waals surface area contributed by atoms with Crippen LogP contribution in [0.5, 0.6) is 5.75 Å². The zero-order chi connectivity index (χ0) is 11.5. The molecule has 2 aromatic rings. The molecule has 0 spiro atoms. The molecular weight excluding hydrogens is 204 g/mol. The van der Waals surface area contributed by atoms with Gasteiger partial charge in [-0.3, -0.25) is 4.68 Å². The minimum Gasteiger partial charge on any atom is -0.497 e. The van der Waals surface area contributed by atoms with Gasteiger partial charge >= 0.3 is 0 Å². The van der Waals surface area contributed by atoms with Crippen LogP contribution in [0.4, 0.5) is 0 Å². The molecule has 0 radical (unpaired) electrons. The van der Waals surface area contributed by atoms with E-state index >= 15 is 0 Å². The lowest BCUT2D eigenvalue weighted by Gasteiger charge is -2.12. The van der Waals surface area contributed by atoms with Gasteiger partial charge in [0.1, 0.15) is 11.9 Å². The first kappa shape index (κ1) is 10.7. The van der Waals surface area contributed by atoms with Crippen molar-refractivity contribution in [1.82, 2.24) is 9.78 Å². The van der Waals surface area contributed by atoms with Crippen LogP contribution in [0.15, 0.2) is 36.5 Å². The molecule has 4 heteroatoms. The number of ether oxygens (including phenoxy) is 1. The van der Waals surface area contributed by atoms with Gasteiger partial charge in [0.2, 0.25) is 0 Å². The number of nitrogens with zero attached hydrogens (tertiary/aromatic N) is 2. The summed E-state index contributed by atoms with van der Waals surface area (Å²) >= 11 is 0. The molecule has 1 atom stereocenters. The van der Waals surface area contributed by atoms with Gasteiger partial charge in [0.05, 0.1) is 12.8 Å². The molecule has 0 bridgehead atoms. The number of aliphatic hydroxyl groups is 1. The molecule has 84 valence electrons. The molecule has 1 aromatic heterocycles. The Hall–Kier alpha value is -1.81. The fraction of sp³-hybridized carbons (Fsp3) is 0.250. The third kappa shape index (κ3) is 1.92. The Kier molecular flexibility index (Phi) is 2.92. The summed E-state index contributed by atoms with van der Waals surface area (Å²) in [4.78, 5) is 0. The van der Waals surface area contributed by atoms with Crippen LogP contribution in [0, 0.1) is 0 Å². The third-order valence-corrected chi connectivity index (χ3v) is 2.55. The molecule has 0 fully saturated rings. The second kappa shape index (κ2) is 4.37. The van der Waals surface area contributed by atoms with Crippen LogP contribution in [0.2, 0.25) is 0 Å². The second-order valence-electron chi connectivity index (χ2n) is 3.56. The van der Waals surface area contributed by atoms with Crippen LogP contribution < -0.4 is 4.74 Å². The molecule has 16 heavy (non-hydrogen) atoms. The van der Waals surface area contributed by atoms with Gasteiger partial charge in [-0.2, -0.15) is 5.10 Å². The van der Waals surface area contributed by atoms with Gasteiger partial charge in [0.25, 0.3) is 0 Å². The van der Waals surface area contributed by atoms with Crippen molar-refractivity contribution in [2.45, 2.75) is 6.10 Å². The molecule has 4 nitrogen and oxygen atoms in total. The lowest BCUT2D eigenvalue weighted by molar-refractivity contribution is 0.209. The molecule has 0 aliphatic rings. The fourth-order valence-electron chi connectivity index (χ4n) is 1.63. The largest absolute Gasteiger partial charge is 0.497 e. The maximum atomic E-state index is 10.2. The van der Waals surface area contributed by atoms with E-state index in [0.29, 0.717) is 0 Å². The third-order valence-electron chi connectivity index (χ3n) is 2.55. The SMILES string of the molecule is COc1cccc(C(O)c2ccnn2C)c1. The van der Waals surface area contributed by atoms with E-state index in [1.54, 1.807) is 31.1 Å². The molecule has 0 aliphatic carbocycles. The van der Waals surface area contributed by atoms with Crippen molar-refractivity contribution < 1.29 is 9.84 Å². The molecule has 1 unspecified atom stereocenters. The topological polar surface area (TPSA) is 47.3 Å². The Morgan fingerprint density at radius 3 is 2.81 bits per heavy atom. The van der Waals surface area contributed by atoms with Crippen molar-refractivity contribution in [3.05, 3.63) is 47.8 Å². The van der Waals surface area contributed by atoms with Crippen molar-refractivity contribution in [3.63, 3.8) is 0 Å². The van der Waals surface area contributed by atoms with Crippen LogP contribution in [0.3, 0.4) is 0 Å². The first-order chi connectivity index (χ1) is 7.72. The van der Waals surface area contributed by atoms with Gasteiger partial charge in [0.15, 0.2) is 0 Å². The molecule has 0 saturated carbocycles. The van der Waals surface area contributed by atoms with Crippen LogP contribution in [-0.2, 0) is 7.05 Å². The van der Waals surface area contributed by atoms with E-state index in [1.165, 1.54) is 0 Å². The van der Waals surface area contributed by atoms with Gasteiger partial charge in [-0.15, -0.1) is 0 Å². The molecule has 2 rings (SSSR count). The highest BCUT2D eigenvalue weighted by Gasteiger charge is 2.14. The monoisotopic (exact) mass is 218 g/mol. The Balaban J connectivity index is 2.33. The van der Waals surface area contributed by atoms with E-state index in [1.807, 2.05) is 24.3 Å². The van der Waals surface area contributed by atoms with Crippen molar-refractivity contribution in [2.75, 3.05) is 7.11 Å². The van der Waals surface area contributed by atoms with Crippen LogP contribution in [-0.4, -0.2) is 22.0 Å². The fourth-order valence-corrected chi connectivity index (χ4v) is 1.63. The summed E-state index contributed by atoms with van der Waals surface area (Å²) in [6, 6.07) is 9.18. The number of hydrogen-bond donors (Lipinski definition) is 1. The zero-order valence-electron chi connectivity index (χ0n) is 9.29. The van der Waals surface area contributed by atoms with Crippen molar-refractivity contribution >= 4 is 0 Å². The number of methoxy groups -OCH3 is 1. The van der Waals surface area contributed by atoms with E-state index in [-0.39, 0.29) is 0 Å². The van der Waals surface area contributed by atoms with Crippen molar-refractivity contribution in [2.24, 2.45) is 7.05 Å². The number of aromatic nitrogens is 2. The predicted molar refractivity (Wildman–Crippen MR) is 60.3 cm³/mol.